The van der Waals surface area contributed by atoms with Gasteiger partial charge in [0.1, 0.15) is 5.78 Å². The Kier molecular flexibility index (Phi) is 7.58. The van der Waals surface area contributed by atoms with Gasteiger partial charge in [-0.1, -0.05) is 60.7 Å². The van der Waals surface area contributed by atoms with E-state index in [0.29, 0.717) is 6.42 Å². The molecule has 0 saturated heterocycles. The number of ketones is 1. The Morgan fingerprint density at radius 3 is 2.42 bits per heavy atom. The van der Waals surface area contributed by atoms with Gasteiger partial charge >= 0.3 is 5.97 Å². The van der Waals surface area contributed by atoms with Gasteiger partial charge in [-0.2, -0.15) is 0 Å². The quantitative estimate of drug-likeness (QED) is 0.645. The van der Waals surface area contributed by atoms with Crippen LogP contribution in [-0.4, -0.2) is 28.1 Å². The lowest BCUT2D eigenvalue weighted by Crippen LogP contribution is -2.18. The zero-order valence-electron chi connectivity index (χ0n) is 15.8. The first-order valence-corrected chi connectivity index (χ1v) is 9.56. The number of benzene rings is 1. The van der Waals surface area contributed by atoms with Crippen LogP contribution in [0.2, 0.25) is 0 Å². The Labute approximate surface area is 155 Å². The Bertz CT molecular complexity index is 642. The average Bonchev–Trinajstić information content (AvgIpc) is 2.81. The van der Waals surface area contributed by atoms with Gasteiger partial charge in [-0.05, 0) is 32.3 Å². The first kappa shape index (κ1) is 20.4. The summed E-state index contributed by atoms with van der Waals surface area (Å²) in [5.41, 5.74) is 3.50. The summed E-state index contributed by atoms with van der Waals surface area (Å²) in [4.78, 5) is 22.8. The number of aliphatic hydroxyl groups excluding tert-OH is 1. The maximum absolute atomic E-state index is 12.3. The number of hydrogen-bond acceptors (Lipinski definition) is 3. The van der Waals surface area contributed by atoms with Gasteiger partial charge in [0.25, 0.3) is 0 Å². The zero-order chi connectivity index (χ0) is 19.1. The molecule has 26 heavy (non-hydrogen) atoms. The van der Waals surface area contributed by atoms with Crippen LogP contribution < -0.4 is 0 Å². The van der Waals surface area contributed by atoms with Crippen molar-refractivity contribution in [3.8, 4) is 0 Å². The number of carboxylic acid groups (broad SMARTS) is 1. The molecule has 142 valence electrons. The summed E-state index contributed by atoms with van der Waals surface area (Å²) in [6.45, 7) is 4.12. The van der Waals surface area contributed by atoms with Crippen LogP contribution in [0.25, 0.3) is 6.08 Å². The molecule has 2 N–H and O–H groups in total. The first-order chi connectivity index (χ1) is 12.4. The van der Waals surface area contributed by atoms with Crippen molar-refractivity contribution in [2.75, 3.05) is 0 Å². The lowest BCUT2D eigenvalue weighted by atomic mass is 9.88. The Morgan fingerprint density at radius 1 is 1.12 bits per heavy atom. The summed E-state index contributed by atoms with van der Waals surface area (Å²) < 4.78 is 0. The number of unbranched alkanes of at least 4 members (excludes halogenated alkanes) is 3. The molecule has 0 radical (unpaired) electrons. The van der Waals surface area contributed by atoms with Gasteiger partial charge in [-0.15, -0.1) is 0 Å². The third kappa shape index (κ3) is 6.10. The summed E-state index contributed by atoms with van der Waals surface area (Å²) in [5, 5.41) is 18.9. The predicted molar refractivity (Wildman–Crippen MR) is 103 cm³/mol. The smallest absolute Gasteiger partial charge is 0.303 e. The zero-order valence-corrected chi connectivity index (χ0v) is 15.8. The molecule has 1 aromatic rings. The SMILES string of the molecule is Cc1cc(C)cc(C=C[C@@H]2[C@H](O)CC(=O)[C@H]2CCCCCCC(=O)O)c1. The van der Waals surface area contributed by atoms with E-state index in [2.05, 4.69) is 32.0 Å². The van der Waals surface area contributed by atoms with E-state index in [9.17, 15) is 14.7 Å². The fourth-order valence-electron chi connectivity index (χ4n) is 3.91. The maximum atomic E-state index is 12.3. The van der Waals surface area contributed by atoms with Crippen molar-refractivity contribution < 1.29 is 19.8 Å². The summed E-state index contributed by atoms with van der Waals surface area (Å²) >= 11 is 0. The summed E-state index contributed by atoms with van der Waals surface area (Å²) in [5.74, 6) is -0.845. The number of rotatable bonds is 9. The van der Waals surface area contributed by atoms with Crippen molar-refractivity contribution >= 4 is 17.8 Å². The molecule has 0 spiro atoms. The minimum absolute atomic E-state index is 0.119. The second-order valence-electron chi connectivity index (χ2n) is 7.55. The number of carbonyl (C=O) groups excluding carboxylic acids is 1. The molecule has 1 aliphatic rings. The van der Waals surface area contributed by atoms with E-state index in [4.69, 9.17) is 5.11 Å². The first-order valence-electron chi connectivity index (χ1n) is 9.56. The third-order valence-electron chi connectivity index (χ3n) is 5.14. The van der Waals surface area contributed by atoms with Crippen molar-refractivity contribution in [3.05, 3.63) is 41.0 Å². The van der Waals surface area contributed by atoms with Crippen molar-refractivity contribution in [2.45, 2.75) is 64.9 Å². The number of aliphatic hydroxyl groups is 1. The maximum Gasteiger partial charge on any atom is 0.303 e. The number of Topliss-reactive ketones (excluding diaryl/α,β-unsaturated/α-hetero) is 1. The second-order valence-corrected chi connectivity index (χ2v) is 7.55. The van der Waals surface area contributed by atoms with Gasteiger partial charge in [0.15, 0.2) is 0 Å². The van der Waals surface area contributed by atoms with E-state index >= 15 is 0 Å². The fourth-order valence-corrected chi connectivity index (χ4v) is 3.91. The third-order valence-corrected chi connectivity index (χ3v) is 5.14. The van der Waals surface area contributed by atoms with E-state index in [0.717, 1.165) is 31.2 Å². The highest BCUT2D eigenvalue weighted by atomic mass is 16.4. The van der Waals surface area contributed by atoms with Crippen LogP contribution in [0, 0.1) is 25.7 Å². The van der Waals surface area contributed by atoms with Crippen molar-refractivity contribution in [1.29, 1.82) is 0 Å². The number of aryl methyl sites for hydroxylation is 2. The molecule has 3 atom stereocenters. The van der Waals surface area contributed by atoms with Crippen molar-refractivity contribution in [2.24, 2.45) is 11.8 Å². The summed E-state index contributed by atoms with van der Waals surface area (Å²) in [6, 6.07) is 6.33. The molecular formula is C22H30O4. The highest BCUT2D eigenvalue weighted by Gasteiger charge is 2.39. The molecule has 2 rings (SSSR count). The standard InChI is InChI=1S/C22H30O4/c1-15-11-16(2)13-17(12-15)9-10-19-18(20(23)14-21(19)24)7-5-3-4-6-8-22(25)26/h9-13,18-19,21,24H,3-8,14H2,1-2H3,(H,25,26)/t18-,19-,21+/m0/s1. The molecule has 0 amide bonds. The van der Waals surface area contributed by atoms with Crippen LogP contribution in [0.15, 0.2) is 24.3 Å². The van der Waals surface area contributed by atoms with Gasteiger partial charge in [0, 0.05) is 24.7 Å². The van der Waals surface area contributed by atoms with E-state index < -0.39 is 12.1 Å². The molecule has 0 aliphatic heterocycles. The number of carbonyl (C=O) groups is 2. The van der Waals surface area contributed by atoms with Crippen LogP contribution in [0.4, 0.5) is 0 Å². The van der Waals surface area contributed by atoms with Crippen LogP contribution >= 0.6 is 0 Å². The predicted octanol–water partition coefficient (Wildman–Crippen LogP) is 4.31. The lowest BCUT2D eigenvalue weighted by molar-refractivity contribution is -0.137. The van der Waals surface area contributed by atoms with Crippen LogP contribution in [0.1, 0.15) is 61.6 Å². The minimum atomic E-state index is -0.754. The molecule has 1 saturated carbocycles. The van der Waals surface area contributed by atoms with E-state index in [1.165, 1.54) is 11.1 Å². The van der Waals surface area contributed by atoms with E-state index in [1.54, 1.807) is 0 Å². The molecule has 0 aromatic heterocycles. The summed E-state index contributed by atoms with van der Waals surface area (Å²) in [6.07, 6.45) is 8.04. The molecule has 1 fully saturated rings. The van der Waals surface area contributed by atoms with E-state index in [1.807, 2.05) is 12.2 Å². The van der Waals surface area contributed by atoms with Crippen LogP contribution in [0.5, 0.6) is 0 Å². The van der Waals surface area contributed by atoms with E-state index in [-0.39, 0.29) is 30.5 Å². The van der Waals surface area contributed by atoms with Gasteiger partial charge in [-0.3, -0.25) is 9.59 Å². The van der Waals surface area contributed by atoms with Crippen molar-refractivity contribution in [3.63, 3.8) is 0 Å². The Balaban J connectivity index is 1.91. The topological polar surface area (TPSA) is 74.6 Å². The number of aliphatic carboxylic acids is 1. The molecule has 0 unspecified atom stereocenters. The molecular weight excluding hydrogens is 328 g/mol. The van der Waals surface area contributed by atoms with Gasteiger partial charge in [0.05, 0.1) is 6.10 Å². The highest BCUT2D eigenvalue weighted by molar-refractivity contribution is 5.84. The normalized spacial score (nSPS) is 23.0. The monoisotopic (exact) mass is 358 g/mol. The Morgan fingerprint density at radius 2 is 1.77 bits per heavy atom. The molecule has 0 heterocycles. The molecule has 1 aliphatic carbocycles. The molecule has 0 bridgehead atoms. The Hall–Kier alpha value is -1.94. The minimum Gasteiger partial charge on any atom is -0.481 e. The molecule has 4 heteroatoms. The molecule has 4 nitrogen and oxygen atoms in total. The van der Waals surface area contributed by atoms with Gasteiger partial charge in [0.2, 0.25) is 0 Å². The van der Waals surface area contributed by atoms with Crippen LogP contribution in [0.3, 0.4) is 0 Å². The highest BCUT2D eigenvalue weighted by Crippen LogP contribution is 2.34. The number of carboxylic acids is 1. The fraction of sp³-hybridized carbons (Fsp3) is 0.545. The molecule has 1 aromatic carbocycles. The van der Waals surface area contributed by atoms with Gasteiger partial charge < -0.3 is 10.2 Å². The number of hydrogen-bond donors (Lipinski definition) is 2. The van der Waals surface area contributed by atoms with Gasteiger partial charge in [-0.25, -0.2) is 0 Å². The lowest BCUT2D eigenvalue weighted by Gasteiger charge is -2.17. The average molecular weight is 358 g/mol. The summed E-state index contributed by atoms with van der Waals surface area (Å²) in [7, 11) is 0. The largest absolute Gasteiger partial charge is 0.481 e. The van der Waals surface area contributed by atoms with Crippen LogP contribution in [-0.2, 0) is 9.59 Å². The second kappa shape index (κ2) is 9.67. The van der Waals surface area contributed by atoms with Crippen molar-refractivity contribution in [1.82, 2.24) is 0 Å².